The lowest BCUT2D eigenvalue weighted by Crippen LogP contribution is -2.33. The molecule has 3 N–H and O–H groups in total. The maximum absolute atomic E-state index is 11.5. The van der Waals surface area contributed by atoms with Crippen LogP contribution in [0.15, 0.2) is 18.2 Å². The molecule has 1 aromatic carbocycles. The van der Waals surface area contributed by atoms with Crippen LogP contribution in [0.1, 0.15) is 16.8 Å². The fourth-order valence-corrected chi connectivity index (χ4v) is 4.10. The second-order valence-electron chi connectivity index (χ2n) is 4.71. The molecule has 1 fully saturated rings. The summed E-state index contributed by atoms with van der Waals surface area (Å²) in [4.78, 5) is 12.8. The van der Waals surface area contributed by atoms with Crippen LogP contribution in [-0.4, -0.2) is 44.1 Å². The first-order valence-corrected chi connectivity index (χ1v) is 7.69. The van der Waals surface area contributed by atoms with Crippen molar-refractivity contribution in [3.8, 4) is 0 Å². The van der Waals surface area contributed by atoms with Crippen LogP contribution in [0.25, 0.3) is 0 Å². The van der Waals surface area contributed by atoms with E-state index in [1.807, 2.05) is 0 Å². The lowest BCUT2D eigenvalue weighted by molar-refractivity contribution is 0.0698. The van der Waals surface area contributed by atoms with Crippen molar-refractivity contribution in [2.45, 2.75) is 12.5 Å². The number of nitrogens with zero attached hydrogens (tertiary/aromatic N) is 1. The minimum absolute atomic E-state index is 0.0326. The highest BCUT2D eigenvalue weighted by Gasteiger charge is 2.31. The van der Waals surface area contributed by atoms with Crippen LogP contribution in [0.5, 0.6) is 0 Å². The molecule has 1 heterocycles. The van der Waals surface area contributed by atoms with Gasteiger partial charge in [-0.2, -0.15) is 0 Å². The summed E-state index contributed by atoms with van der Waals surface area (Å²) in [7, 11) is -1.25. The normalized spacial score (nSPS) is 21.2. The summed E-state index contributed by atoms with van der Waals surface area (Å²) in [5.74, 6) is -0.840. The van der Waals surface area contributed by atoms with Crippen LogP contribution in [-0.2, 0) is 9.84 Å². The average Bonchev–Trinajstić information content (AvgIpc) is 2.69. The van der Waals surface area contributed by atoms with Crippen molar-refractivity contribution in [1.29, 1.82) is 0 Å². The molecule has 6 nitrogen and oxygen atoms in total. The summed E-state index contributed by atoms with van der Waals surface area (Å²) >= 11 is 0. The molecule has 1 saturated heterocycles. The van der Waals surface area contributed by atoms with Crippen molar-refractivity contribution in [2.24, 2.45) is 0 Å². The van der Waals surface area contributed by atoms with E-state index < -0.39 is 15.8 Å². The van der Waals surface area contributed by atoms with E-state index in [1.54, 1.807) is 24.1 Å². The van der Waals surface area contributed by atoms with Crippen LogP contribution in [0.2, 0.25) is 0 Å². The Morgan fingerprint density at radius 2 is 2.16 bits per heavy atom. The van der Waals surface area contributed by atoms with Gasteiger partial charge < -0.3 is 15.7 Å². The molecule has 7 heteroatoms. The van der Waals surface area contributed by atoms with Crippen LogP contribution in [0.4, 0.5) is 11.4 Å². The highest BCUT2D eigenvalue weighted by atomic mass is 32.2. The second kappa shape index (κ2) is 4.73. The number of sulfone groups is 1. The van der Waals surface area contributed by atoms with Gasteiger partial charge in [0.15, 0.2) is 9.84 Å². The van der Waals surface area contributed by atoms with E-state index >= 15 is 0 Å². The minimum atomic E-state index is -2.99. The van der Waals surface area contributed by atoms with Gasteiger partial charge >= 0.3 is 5.97 Å². The summed E-state index contributed by atoms with van der Waals surface area (Å²) in [5.41, 5.74) is 6.61. The number of aromatic carboxylic acids is 1. The number of nitrogen functional groups attached to an aromatic ring is 1. The SMILES string of the molecule is CN(c1cccc(C(=O)O)c1N)C1CCS(=O)(=O)C1. The third kappa shape index (κ3) is 2.65. The molecule has 1 aliphatic rings. The first-order chi connectivity index (χ1) is 8.82. The fourth-order valence-electron chi connectivity index (χ4n) is 2.32. The quantitative estimate of drug-likeness (QED) is 0.788. The van der Waals surface area contributed by atoms with Crippen molar-refractivity contribution in [2.75, 3.05) is 29.2 Å². The summed E-state index contributed by atoms with van der Waals surface area (Å²) in [6.07, 6.45) is 0.537. The van der Waals surface area contributed by atoms with E-state index in [1.165, 1.54) is 6.07 Å². The Hall–Kier alpha value is -1.76. The molecule has 0 bridgehead atoms. The largest absolute Gasteiger partial charge is 0.478 e. The third-order valence-corrected chi connectivity index (χ3v) is 5.20. The number of rotatable bonds is 3. The zero-order valence-electron chi connectivity index (χ0n) is 10.5. The van der Waals surface area contributed by atoms with Crippen LogP contribution >= 0.6 is 0 Å². The van der Waals surface area contributed by atoms with Crippen molar-refractivity contribution < 1.29 is 18.3 Å². The smallest absolute Gasteiger partial charge is 0.337 e. The minimum Gasteiger partial charge on any atom is -0.478 e. The number of para-hydroxylation sites is 1. The van der Waals surface area contributed by atoms with E-state index in [-0.39, 0.29) is 28.8 Å². The molecule has 1 aliphatic heterocycles. The highest BCUT2D eigenvalue weighted by Crippen LogP contribution is 2.30. The van der Waals surface area contributed by atoms with Gasteiger partial charge in [-0.25, -0.2) is 13.2 Å². The average molecular weight is 284 g/mol. The van der Waals surface area contributed by atoms with Gasteiger partial charge in [0.2, 0.25) is 0 Å². The van der Waals surface area contributed by atoms with Crippen LogP contribution in [0, 0.1) is 0 Å². The number of carboxylic acids is 1. The van der Waals surface area contributed by atoms with Gasteiger partial charge in [0.1, 0.15) is 0 Å². The Bertz CT molecular complexity index is 612. The number of nitrogens with two attached hydrogens (primary N) is 1. The fraction of sp³-hybridized carbons (Fsp3) is 0.417. The Labute approximate surface area is 111 Å². The van der Waals surface area contributed by atoms with Crippen LogP contribution < -0.4 is 10.6 Å². The Morgan fingerprint density at radius 1 is 1.47 bits per heavy atom. The standard InChI is InChI=1S/C12H16N2O4S/c1-14(8-5-6-19(17,18)7-8)10-4-2-3-9(11(10)13)12(15)16/h2-4,8H,5-7,13H2,1H3,(H,15,16). The van der Waals surface area contributed by atoms with Crippen molar-refractivity contribution >= 4 is 27.2 Å². The number of benzene rings is 1. The second-order valence-corrected chi connectivity index (χ2v) is 6.94. The van der Waals surface area contributed by atoms with E-state index in [0.29, 0.717) is 12.1 Å². The van der Waals surface area contributed by atoms with E-state index in [9.17, 15) is 13.2 Å². The molecule has 1 aromatic rings. The van der Waals surface area contributed by atoms with Gasteiger partial charge in [0.25, 0.3) is 0 Å². The zero-order chi connectivity index (χ0) is 14.2. The van der Waals surface area contributed by atoms with Gasteiger partial charge in [-0.05, 0) is 18.6 Å². The predicted molar refractivity (Wildman–Crippen MR) is 73.3 cm³/mol. The molecular formula is C12H16N2O4S. The number of anilines is 2. The summed E-state index contributed by atoms with van der Waals surface area (Å²) in [6, 6.07) is 4.58. The predicted octanol–water partition coefficient (Wildman–Crippen LogP) is 0.590. The number of hydrogen-bond acceptors (Lipinski definition) is 5. The molecule has 0 aromatic heterocycles. The third-order valence-electron chi connectivity index (χ3n) is 3.45. The molecule has 1 atom stereocenters. The molecule has 0 aliphatic carbocycles. The number of hydrogen-bond donors (Lipinski definition) is 2. The van der Waals surface area contributed by atoms with Gasteiger partial charge in [0.05, 0.1) is 28.4 Å². The molecular weight excluding hydrogens is 268 g/mol. The van der Waals surface area contributed by atoms with E-state index in [0.717, 1.165) is 0 Å². The monoisotopic (exact) mass is 284 g/mol. The first-order valence-electron chi connectivity index (χ1n) is 5.87. The molecule has 0 radical (unpaired) electrons. The van der Waals surface area contributed by atoms with Gasteiger partial charge in [-0.1, -0.05) is 6.07 Å². The first kappa shape index (κ1) is 13.7. The molecule has 1 unspecified atom stereocenters. The lowest BCUT2D eigenvalue weighted by atomic mass is 10.1. The molecule has 0 spiro atoms. The lowest BCUT2D eigenvalue weighted by Gasteiger charge is -2.27. The highest BCUT2D eigenvalue weighted by molar-refractivity contribution is 7.91. The van der Waals surface area contributed by atoms with E-state index in [4.69, 9.17) is 10.8 Å². The molecule has 0 saturated carbocycles. The molecule has 2 rings (SSSR count). The summed E-state index contributed by atoms with van der Waals surface area (Å²) in [5, 5.41) is 9.03. The van der Waals surface area contributed by atoms with Crippen molar-refractivity contribution in [3.63, 3.8) is 0 Å². The van der Waals surface area contributed by atoms with Crippen molar-refractivity contribution in [3.05, 3.63) is 23.8 Å². The summed E-state index contributed by atoms with van der Waals surface area (Å²) in [6.45, 7) is 0. The Balaban J connectivity index is 2.32. The number of carbonyl (C=O) groups is 1. The van der Waals surface area contributed by atoms with Gasteiger partial charge in [-0.15, -0.1) is 0 Å². The number of carboxylic acid groups (broad SMARTS) is 1. The van der Waals surface area contributed by atoms with E-state index in [2.05, 4.69) is 0 Å². The maximum Gasteiger partial charge on any atom is 0.337 e. The molecule has 104 valence electrons. The zero-order valence-corrected chi connectivity index (χ0v) is 11.4. The van der Waals surface area contributed by atoms with Crippen molar-refractivity contribution in [1.82, 2.24) is 0 Å². The van der Waals surface area contributed by atoms with Gasteiger partial charge in [0, 0.05) is 13.1 Å². The van der Waals surface area contributed by atoms with Gasteiger partial charge in [-0.3, -0.25) is 0 Å². The Morgan fingerprint density at radius 3 is 2.68 bits per heavy atom. The maximum atomic E-state index is 11.5. The molecule has 0 amide bonds. The topological polar surface area (TPSA) is 101 Å². The van der Waals surface area contributed by atoms with Crippen LogP contribution in [0.3, 0.4) is 0 Å². The Kier molecular flexibility index (Phi) is 3.40. The molecule has 19 heavy (non-hydrogen) atoms. The summed E-state index contributed by atoms with van der Waals surface area (Å²) < 4.78 is 23.0.